The number of amides is 1. The lowest BCUT2D eigenvalue weighted by Crippen LogP contribution is -2.22. The molecule has 27 heavy (non-hydrogen) atoms. The zero-order chi connectivity index (χ0) is 18.8. The minimum absolute atomic E-state index is 0.0751. The fourth-order valence-corrected chi connectivity index (χ4v) is 4.16. The highest BCUT2D eigenvalue weighted by Gasteiger charge is 2.28. The number of thioether (sulfide) groups is 1. The average Bonchev–Trinajstić information content (AvgIpc) is 2.94. The van der Waals surface area contributed by atoms with Gasteiger partial charge < -0.3 is 4.74 Å². The van der Waals surface area contributed by atoms with E-state index in [2.05, 4.69) is 24.3 Å². The van der Waals surface area contributed by atoms with Gasteiger partial charge in [0.05, 0.1) is 4.91 Å². The number of benzene rings is 3. The van der Waals surface area contributed by atoms with Gasteiger partial charge in [0, 0.05) is 12.6 Å². The van der Waals surface area contributed by atoms with Crippen LogP contribution in [0.15, 0.2) is 71.6 Å². The Kier molecular flexibility index (Phi) is 4.97. The van der Waals surface area contributed by atoms with Crippen molar-refractivity contribution in [2.45, 2.75) is 6.61 Å². The molecule has 3 nitrogen and oxygen atoms in total. The first-order valence-corrected chi connectivity index (χ1v) is 9.76. The monoisotopic (exact) mass is 391 g/mol. The van der Waals surface area contributed by atoms with Crippen LogP contribution in [0.3, 0.4) is 0 Å². The third-order valence-electron chi connectivity index (χ3n) is 4.46. The Labute approximate surface area is 167 Å². The first-order chi connectivity index (χ1) is 13.1. The van der Waals surface area contributed by atoms with Gasteiger partial charge in [-0.3, -0.25) is 9.69 Å². The number of ether oxygens (including phenoxy) is 1. The molecule has 0 aromatic heterocycles. The van der Waals surface area contributed by atoms with Crippen molar-refractivity contribution in [2.24, 2.45) is 0 Å². The Bertz CT molecular complexity index is 1070. The van der Waals surface area contributed by atoms with Gasteiger partial charge in [-0.05, 0) is 28.5 Å². The number of rotatable bonds is 4. The van der Waals surface area contributed by atoms with Crippen molar-refractivity contribution in [1.82, 2.24) is 4.90 Å². The van der Waals surface area contributed by atoms with Crippen LogP contribution in [0, 0.1) is 0 Å². The molecule has 1 saturated heterocycles. The van der Waals surface area contributed by atoms with Crippen molar-refractivity contribution in [1.29, 1.82) is 0 Å². The van der Waals surface area contributed by atoms with E-state index in [4.69, 9.17) is 17.0 Å². The number of nitrogens with zero attached hydrogens (tertiary/aromatic N) is 1. The molecule has 0 spiro atoms. The van der Waals surface area contributed by atoms with Crippen LogP contribution < -0.4 is 4.74 Å². The van der Waals surface area contributed by atoms with E-state index in [1.807, 2.05) is 48.5 Å². The molecule has 0 radical (unpaired) electrons. The lowest BCUT2D eigenvalue weighted by Gasteiger charge is -2.11. The quantitative estimate of drug-likeness (QED) is 0.449. The van der Waals surface area contributed by atoms with Crippen molar-refractivity contribution in [2.75, 3.05) is 7.05 Å². The number of para-hydroxylation sites is 1. The van der Waals surface area contributed by atoms with Gasteiger partial charge in [-0.1, -0.05) is 84.6 Å². The number of hydrogen-bond acceptors (Lipinski definition) is 4. The molecule has 0 atom stereocenters. The number of carbonyl (C=O) groups excluding carboxylic acids is 1. The Hall–Kier alpha value is -2.63. The summed E-state index contributed by atoms with van der Waals surface area (Å²) in [5, 5.41) is 2.38. The minimum atomic E-state index is -0.0751. The summed E-state index contributed by atoms with van der Waals surface area (Å²) in [6.45, 7) is 0.459. The van der Waals surface area contributed by atoms with Crippen molar-refractivity contribution < 1.29 is 9.53 Å². The number of fused-ring (bicyclic) bond motifs is 1. The fraction of sp³-hybridized carbons (Fsp3) is 0.0909. The van der Waals surface area contributed by atoms with Crippen LogP contribution in [-0.4, -0.2) is 22.2 Å². The molecular formula is C22H17NO2S2. The maximum Gasteiger partial charge on any atom is 0.265 e. The van der Waals surface area contributed by atoms with Gasteiger partial charge in [0.15, 0.2) is 0 Å². The minimum Gasteiger partial charge on any atom is -0.488 e. The van der Waals surface area contributed by atoms with Crippen LogP contribution in [0.2, 0.25) is 0 Å². The molecule has 0 N–H and O–H groups in total. The average molecular weight is 392 g/mol. The summed E-state index contributed by atoms with van der Waals surface area (Å²) >= 11 is 6.52. The second-order valence-corrected chi connectivity index (χ2v) is 7.88. The highest BCUT2D eigenvalue weighted by atomic mass is 32.2. The lowest BCUT2D eigenvalue weighted by molar-refractivity contribution is -0.121. The van der Waals surface area contributed by atoms with E-state index >= 15 is 0 Å². The zero-order valence-electron chi connectivity index (χ0n) is 14.7. The summed E-state index contributed by atoms with van der Waals surface area (Å²) in [4.78, 5) is 14.4. The van der Waals surface area contributed by atoms with Crippen LogP contribution in [-0.2, 0) is 11.4 Å². The number of thiocarbonyl (C=S) groups is 1. The van der Waals surface area contributed by atoms with Crippen LogP contribution in [0.1, 0.15) is 11.1 Å². The second-order valence-electron chi connectivity index (χ2n) is 6.21. The Morgan fingerprint density at radius 3 is 2.59 bits per heavy atom. The summed E-state index contributed by atoms with van der Waals surface area (Å²) in [6, 6.07) is 22.2. The molecule has 1 aliphatic heterocycles. The maximum atomic E-state index is 12.3. The van der Waals surface area contributed by atoms with E-state index < -0.39 is 0 Å². The summed E-state index contributed by atoms with van der Waals surface area (Å²) in [6.07, 6.45) is 1.85. The normalized spacial score (nSPS) is 15.7. The Balaban J connectivity index is 1.61. The molecule has 4 rings (SSSR count). The molecule has 0 bridgehead atoms. The molecule has 1 heterocycles. The van der Waals surface area contributed by atoms with Crippen molar-refractivity contribution in [3.05, 3.63) is 82.8 Å². The van der Waals surface area contributed by atoms with E-state index in [9.17, 15) is 4.79 Å². The molecule has 0 unspecified atom stereocenters. The van der Waals surface area contributed by atoms with Gasteiger partial charge in [0.25, 0.3) is 5.91 Å². The van der Waals surface area contributed by atoms with E-state index in [-0.39, 0.29) is 5.91 Å². The summed E-state index contributed by atoms with van der Waals surface area (Å²) in [5.41, 5.74) is 1.99. The lowest BCUT2D eigenvalue weighted by atomic mass is 10.1. The van der Waals surface area contributed by atoms with Gasteiger partial charge in [0.1, 0.15) is 16.7 Å². The summed E-state index contributed by atoms with van der Waals surface area (Å²) in [5.74, 6) is 0.667. The predicted octanol–water partition coefficient (Wildman–Crippen LogP) is 5.25. The first-order valence-electron chi connectivity index (χ1n) is 8.53. The number of likely N-dealkylation sites (N-methyl/N-ethyl adjacent to an activating group) is 1. The zero-order valence-corrected chi connectivity index (χ0v) is 16.3. The maximum absolute atomic E-state index is 12.3. The molecule has 1 amide bonds. The van der Waals surface area contributed by atoms with Crippen LogP contribution in [0.25, 0.3) is 16.8 Å². The van der Waals surface area contributed by atoms with Crippen molar-refractivity contribution >= 4 is 51.1 Å². The molecular weight excluding hydrogens is 374 g/mol. The van der Waals surface area contributed by atoms with Crippen molar-refractivity contribution in [3.8, 4) is 5.75 Å². The van der Waals surface area contributed by atoms with Gasteiger partial charge in [-0.15, -0.1) is 0 Å². The Morgan fingerprint density at radius 1 is 1.04 bits per heavy atom. The van der Waals surface area contributed by atoms with E-state index in [1.54, 1.807) is 7.05 Å². The van der Waals surface area contributed by atoms with Crippen LogP contribution in [0.4, 0.5) is 0 Å². The smallest absolute Gasteiger partial charge is 0.265 e. The van der Waals surface area contributed by atoms with Crippen LogP contribution >= 0.6 is 24.0 Å². The van der Waals surface area contributed by atoms with Gasteiger partial charge in [0.2, 0.25) is 0 Å². The molecule has 1 fully saturated rings. The molecule has 5 heteroatoms. The molecule has 0 aliphatic carbocycles. The number of carbonyl (C=O) groups is 1. The second kappa shape index (κ2) is 7.55. The van der Waals surface area contributed by atoms with Gasteiger partial charge >= 0.3 is 0 Å². The standard InChI is InChI=1S/C22H17NO2S2/c1-23-21(24)20(27-22(23)26)13-16-8-3-5-12-19(16)25-14-17-10-6-9-15-7-2-4-11-18(15)17/h2-13H,14H2,1H3/b20-13-. The van der Waals surface area contributed by atoms with E-state index in [0.29, 0.717) is 15.8 Å². The largest absolute Gasteiger partial charge is 0.488 e. The fourth-order valence-electron chi connectivity index (χ4n) is 2.99. The molecule has 134 valence electrons. The van der Waals surface area contributed by atoms with Crippen molar-refractivity contribution in [3.63, 3.8) is 0 Å². The first kappa shape index (κ1) is 17.8. The molecule has 3 aromatic carbocycles. The summed E-state index contributed by atoms with van der Waals surface area (Å²) < 4.78 is 6.69. The SMILES string of the molecule is CN1C(=O)/C(=C/c2ccccc2OCc2cccc3ccccc23)SC1=S. The van der Waals surface area contributed by atoms with E-state index in [1.165, 1.54) is 27.4 Å². The summed E-state index contributed by atoms with van der Waals surface area (Å²) in [7, 11) is 1.70. The Morgan fingerprint density at radius 2 is 1.78 bits per heavy atom. The predicted molar refractivity (Wildman–Crippen MR) is 116 cm³/mol. The highest BCUT2D eigenvalue weighted by molar-refractivity contribution is 8.26. The third-order valence-corrected chi connectivity index (χ3v) is 5.94. The topological polar surface area (TPSA) is 29.5 Å². The van der Waals surface area contributed by atoms with E-state index in [0.717, 1.165) is 16.9 Å². The molecule has 3 aromatic rings. The third kappa shape index (κ3) is 3.61. The highest BCUT2D eigenvalue weighted by Crippen LogP contribution is 2.33. The van der Waals surface area contributed by atoms with Gasteiger partial charge in [-0.2, -0.15) is 0 Å². The molecule has 0 saturated carbocycles. The van der Waals surface area contributed by atoms with Gasteiger partial charge in [-0.25, -0.2) is 0 Å². The van der Waals surface area contributed by atoms with Crippen LogP contribution in [0.5, 0.6) is 5.75 Å². The number of hydrogen-bond donors (Lipinski definition) is 0. The molecule has 1 aliphatic rings.